The van der Waals surface area contributed by atoms with Crippen LogP contribution in [0.2, 0.25) is 0 Å². The molecule has 1 atom stereocenters. The SMILES string of the molecule is O=C(OCc1ccccc1)C1(C(F)F)Cc2ccc(Br)cc2C1=O. The minimum Gasteiger partial charge on any atom is -0.460 e. The minimum atomic E-state index is -3.14. The van der Waals surface area contributed by atoms with E-state index in [9.17, 15) is 18.4 Å². The number of alkyl halides is 2. The Kier molecular flexibility index (Phi) is 4.49. The second-order valence-electron chi connectivity index (χ2n) is 5.64. The van der Waals surface area contributed by atoms with Crippen molar-refractivity contribution in [3.63, 3.8) is 0 Å². The normalized spacial score (nSPS) is 19.4. The van der Waals surface area contributed by atoms with E-state index in [2.05, 4.69) is 15.9 Å². The van der Waals surface area contributed by atoms with Crippen LogP contribution in [0.1, 0.15) is 21.5 Å². The summed E-state index contributed by atoms with van der Waals surface area (Å²) in [7, 11) is 0. The van der Waals surface area contributed by atoms with Crippen LogP contribution in [0, 0.1) is 5.41 Å². The van der Waals surface area contributed by atoms with E-state index in [1.807, 2.05) is 0 Å². The van der Waals surface area contributed by atoms with Gasteiger partial charge in [0, 0.05) is 16.5 Å². The number of hydrogen-bond acceptors (Lipinski definition) is 3. The summed E-state index contributed by atoms with van der Waals surface area (Å²) < 4.78 is 33.2. The molecule has 3 nitrogen and oxygen atoms in total. The van der Waals surface area contributed by atoms with Crippen LogP contribution in [0.5, 0.6) is 0 Å². The van der Waals surface area contributed by atoms with Crippen LogP contribution < -0.4 is 0 Å². The lowest BCUT2D eigenvalue weighted by molar-refractivity contribution is -0.161. The first-order chi connectivity index (χ1) is 11.4. The van der Waals surface area contributed by atoms with Gasteiger partial charge in [-0.25, -0.2) is 8.78 Å². The third kappa shape index (κ3) is 2.75. The van der Waals surface area contributed by atoms with Gasteiger partial charge in [0.2, 0.25) is 0 Å². The summed E-state index contributed by atoms with van der Waals surface area (Å²) in [5, 5.41) is 0. The van der Waals surface area contributed by atoms with Crippen molar-refractivity contribution >= 4 is 27.7 Å². The number of esters is 1. The third-order valence-electron chi connectivity index (χ3n) is 4.14. The molecule has 0 aromatic heterocycles. The van der Waals surface area contributed by atoms with Crippen LogP contribution in [0.15, 0.2) is 53.0 Å². The molecular weight excluding hydrogens is 382 g/mol. The summed E-state index contributed by atoms with van der Waals surface area (Å²) in [6, 6.07) is 13.4. The predicted molar refractivity (Wildman–Crippen MR) is 86.9 cm³/mol. The van der Waals surface area contributed by atoms with Crippen molar-refractivity contribution in [1.29, 1.82) is 0 Å². The van der Waals surface area contributed by atoms with Crippen LogP contribution >= 0.6 is 15.9 Å². The fourth-order valence-corrected chi connectivity index (χ4v) is 3.18. The Balaban J connectivity index is 1.87. The van der Waals surface area contributed by atoms with E-state index in [1.165, 1.54) is 6.07 Å². The molecule has 2 aromatic rings. The number of Topliss-reactive ketones (excluding diaryl/α,β-unsaturated/α-hetero) is 1. The molecule has 0 aliphatic heterocycles. The van der Waals surface area contributed by atoms with Crippen molar-refractivity contribution < 1.29 is 23.1 Å². The number of rotatable bonds is 4. The molecule has 0 N–H and O–H groups in total. The van der Waals surface area contributed by atoms with Crippen molar-refractivity contribution in [3.05, 3.63) is 69.7 Å². The largest absolute Gasteiger partial charge is 0.460 e. The summed E-state index contributed by atoms with van der Waals surface area (Å²) in [5.41, 5.74) is -1.22. The number of benzene rings is 2. The smallest absolute Gasteiger partial charge is 0.326 e. The lowest BCUT2D eigenvalue weighted by atomic mass is 9.84. The van der Waals surface area contributed by atoms with Gasteiger partial charge in [0.15, 0.2) is 11.2 Å². The Bertz CT molecular complexity index is 792. The Hall–Kier alpha value is -2.08. The number of ether oxygens (including phenoxy) is 1. The van der Waals surface area contributed by atoms with Crippen molar-refractivity contribution in [2.45, 2.75) is 19.5 Å². The number of hydrogen-bond donors (Lipinski definition) is 0. The topological polar surface area (TPSA) is 43.4 Å². The van der Waals surface area contributed by atoms with Gasteiger partial charge in [-0.05, 0) is 23.3 Å². The van der Waals surface area contributed by atoms with E-state index >= 15 is 0 Å². The van der Waals surface area contributed by atoms with E-state index in [-0.39, 0.29) is 18.6 Å². The zero-order valence-corrected chi connectivity index (χ0v) is 14.1. The van der Waals surface area contributed by atoms with Gasteiger partial charge >= 0.3 is 5.97 Å². The highest BCUT2D eigenvalue weighted by atomic mass is 79.9. The highest BCUT2D eigenvalue weighted by Crippen LogP contribution is 2.43. The van der Waals surface area contributed by atoms with Crippen LogP contribution in [0.4, 0.5) is 8.78 Å². The maximum absolute atomic E-state index is 13.8. The zero-order valence-electron chi connectivity index (χ0n) is 12.5. The Morgan fingerprint density at radius 3 is 2.58 bits per heavy atom. The van der Waals surface area contributed by atoms with Crippen molar-refractivity contribution in [2.75, 3.05) is 0 Å². The van der Waals surface area contributed by atoms with Crippen LogP contribution in [0.25, 0.3) is 0 Å². The van der Waals surface area contributed by atoms with Gasteiger partial charge in [0.05, 0.1) is 0 Å². The maximum Gasteiger partial charge on any atom is 0.326 e. The van der Waals surface area contributed by atoms with Crippen molar-refractivity contribution in [2.24, 2.45) is 5.41 Å². The van der Waals surface area contributed by atoms with Gasteiger partial charge in [0.25, 0.3) is 6.43 Å². The highest BCUT2D eigenvalue weighted by molar-refractivity contribution is 9.10. The molecule has 0 heterocycles. The predicted octanol–water partition coefficient (Wildman–Crippen LogP) is 4.18. The van der Waals surface area contributed by atoms with Gasteiger partial charge in [-0.1, -0.05) is 52.3 Å². The first kappa shape index (κ1) is 16.8. The Morgan fingerprint density at radius 1 is 1.21 bits per heavy atom. The van der Waals surface area contributed by atoms with Crippen LogP contribution in [-0.2, 0) is 22.6 Å². The summed E-state index contributed by atoms with van der Waals surface area (Å²) in [4.78, 5) is 25.0. The molecule has 1 aliphatic carbocycles. The van der Waals surface area contributed by atoms with Gasteiger partial charge in [0.1, 0.15) is 6.61 Å². The summed E-state index contributed by atoms with van der Waals surface area (Å²) in [5.74, 6) is -2.06. The second kappa shape index (κ2) is 6.43. The number of fused-ring (bicyclic) bond motifs is 1. The molecule has 2 aromatic carbocycles. The number of carbonyl (C=O) groups is 2. The van der Waals surface area contributed by atoms with E-state index < -0.39 is 23.6 Å². The molecular formula is C18H13BrF2O3. The van der Waals surface area contributed by atoms with E-state index in [4.69, 9.17) is 4.74 Å². The van der Waals surface area contributed by atoms with Crippen LogP contribution in [-0.4, -0.2) is 18.2 Å². The molecule has 0 saturated carbocycles. The summed E-state index contributed by atoms with van der Waals surface area (Å²) in [6.07, 6.45) is -3.49. The molecule has 24 heavy (non-hydrogen) atoms. The molecule has 0 bridgehead atoms. The molecule has 3 rings (SSSR count). The summed E-state index contributed by atoms with van der Waals surface area (Å²) in [6.45, 7) is -0.151. The molecule has 0 amide bonds. The molecule has 0 fully saturated rings. The van der Waals surface area contributed by atoms with Crippen LogP contribution in [0.3, 0.4) is 0 Å². The number of halogens is 3. The van der Waals surface area contributed by atoms with Crippen molar-refractivity contribution in [1.82, 2.24) is 0 Å². The lowest BCUT2D eigenvalue weighted by Gasteiger charge is -2.24. The molecule has 6 heteroatoms. The van der Waals surface area contributed by atoms with E-state index in [1.54, 1.807) is 42.5 Å². The average Bonchev–Trinajstić information content (AvgIpc) is 2.87. The molecule has 1 unspecified atom stereocenters. The fraction of sp³-hybridized carbons (Fsp3) is 0.222. The van der Waals surface area contributed by atoms with Gasteiger partial charge in [-0.2, -0.15) is 0 Å². The fourth-order valence-electron chi connectivity index (χ4n) is 2.82. The molecule has 0 spiro atoms. The lowest BCUT2D eigenvalue weighted by Crippen LogP contribution is -2.45. The zero-order chi connectivity index (χ0) is 17.3. The monoisotopic (exact) mass is 394 g/mol. The number of carbonyl (C=O) groups excluding carboxylic acids is 2. The standard InChI is InChI=1S/C18H13BrF2O3/c19-13-7-6-12-9-18(16(20)21,15(22)14(12)8-13)17(23)24-10-11-4-2-1-3-5-11/h1-8,16H,9-10H2. The first-order valence-corrected chi connectivity index (χ1v) is 8.07. The van der Waals surface area contributed by atoms with E-state index in [0.717, 1.165) is 0 Å². The molecule has 124 valence electrons. The third-order valence-corrected chi connectivity index (χ3v) is 4.63. The Labute approximate surface area is 145 Å². The number of ketones is 1. The van der Waals surface area contributed by atoms with E-state index in [0.29, 0.717) is 15.6 Å². The average molecular weight is 395 g/mol. The first-order valence-electron chi connectivity index (χ1n) is 7.27. The quantitative estimate of drug-likeness (QED) is 0.576. The summed E-state index contributed by atoms with van der Waals surface area (Å²) >= 11 is 3.21. The maximum atomic E-state index is 13.8. The molecule has 0 radical (unpaired) electrons. The van der Waals surface area contributed by atoms with Gasteiger partial charge < -0.3 is 4.74 Å². The van der Waals surface area contributed by atoms with Crippen molar-refractivity contribution in [3.8, 4) is 0 Å². The molecule has 0 saturated heterocycles. The minimum absolute atomic E-state index is 0.140. The van der Waals surface area contributed by atoms with Gasteiger partial charge in [-0.15, -0.1) is 0 Å². The highest BCUT2D eigenvalue weighted by Gasteiger charge is 2.59. The Morgan fingerprint density at radius 2 is 1.92 bits per heavy atom. The molecule has 1 aliphatic rings. The second-order valence-corrected chi connectivity index (χ2v) is 6.56. The van der Waals surface area contributed by atoms with Gasteiger partial charge in [-0.3, -0.25) is 9.59 Å².